The minimum atomic E-state index is -3.87. The lowest BCUT2D eigenvalue weighted by Crippen LogP contribution is -2.38. The molecule has 0 amide bonds. The molecule has 4 nitrogen and oxygen atoms in total. The highest BCUT2D eigenvalue weighted by Crippen LogP contribution is 2.33. The standard InChI is InChI=1S/C31H29NO3S/c1-3-10-24-12-8-14-26(20-24)22-29-30(23-27-15-9-13-25(21-27)11-4-2)32(19-18-31(29)33)36(34,35)28-16-6-5-7-17-28/h3-9,12-17,20-23H,1-2,10-11,18-19H2. The first-order chi connectivity index (χ1) is 17.4. The van der Waals surface area contributed by atoms with Crippen LogP contribution in [0, 0.1) is 0 Å². The van der Waals surface area contributed by atoms with E-state index in [0.717, 1.165) is 22.3 Å². The predicted molar refractivity (Wildman–Crippen MR) is 147 cm³/mol. The molecule has 0 radical (unpaired) electrons. The molecule has 0 atom stereocenters. The van der Waals surface area contributed by atoms with E-state index in [-0.39, 0.29) is 23.6 Å². The van der Waals surface area contributed by atoms with Gasteiger partial charge in [-0.3, -0.25) is 9.10 Å². The van der Waals surface area contributed by atoms with Gasteiger partial charge in [0.1, 0.15) is 0 Å². The fourth-order valence-corrected chi connectivity index (χ4v) is 5.78. The van der Waals surface area contributed by atoms with Gasteiger partial charge in [-0.1, -0.05) is 78.9 Å². The summed E-state index contributed by atoms with van der Waals surface area (Å²) in [6.07, 6.45) is 8.75. The second kappa shape index (κ2) is 11.2. The molecule has 36 heavy (non-hydrogen) atoms. The summed E-state index contributed by atoms with van der Waals surface area (Å²) in [4.78, 5) is 13.4. The highest BCUT2D eigenvalue weighted by Gasteiger charge is 2.34. The highest BCUT2D eigenvalue weighted by atomic mass is 32.2. The number of ketones is 1. The van der Waals surface area contributed by atoms with Gasteiger partial charge in [-0.05, 0) is 59.4 Å². The Bertz CT molecular complexity index is 1450. The lowest BCUT2D eigenvalue weighted by Gasteiger charge is -2.32. The first kappa shape index (κ1) is 25.1. The van der Waals surface area contributed by atoms with Crippen molar-refractivity contribution in [3.8, 4) is 0 Å². The van der Waals surface area contributed by atoms with Gasteiger partial charge < -0.3 is 0 Å². The summed E-state index contributed by atoms with van der Waals surface area (Å²) < 4.78 is 28.8. The number of hydrogen-bond donors (Lipinski definition) is 0. The van der Waals surface area contributed by atoms with E-state index in [0.29, 0.717) is 24.1 Å². The van der Waals surface area contributed by atoms with Crippen LogP contribution in [0.1, 0.15) is 28.7 Å². The average molecular weight is 496 g/mol. The zero-order valence-corrected chi connectivity index (χ0v) is 21.0. The molecule has 0 aromatic heterocycles. The van der Waals surface area contributed by atoms with Crippen LogP contribution < -0.4 is 0 Å². The molecule has 182 valence electrons. The predicted octanol–water partition coefficient (Wildman–Crippen LogP) is 6.23. The van der Waals surface area contributed by atoms with Crippen molar-refractivity contribution >= 4 is 28.0 Å². The number of carbonyl (C=O) groups is 1. The van der Waals surface area contributed by atoms with Gasteiger partial charge >= 0.3 is 0 Å². The Morgan fingerprint density at radius 3 is 1.94 bits per heavy atom. The summed E-state index contributed by atoms with van der Waals surface area (Å²) >= 11 is 0. The van der Waals surface area contributed by atoms with Gasteiger partial charge in [-0.25, -0.2) is 8.42 Å². The van der Waals surface area contributed by atoms with Crippen molar-refractivity contribution in [2.45, 2.75) is 24.2 Å². The summed E-state index contributed by atoms with van der Waals surface area (Å²) in [5.74, 6) is -0.0860. The van der Waals surface area contributed by atoms with Gasteiger partial charge in [0.05, 0.1) is 10.6 Å². The van der Waals surface area contributed by atoms with E-state index >= 15 is 0 Å². The van der Waals surface area contributed by atoms with Crippen LogP contribution in [0.3, 0.4) is 0 Å². The van der Waals surface area contributed by atoms with E-state index in [1.54, 1.807) is 42.5 Å². The topological polar surface area (TPSA) is 54.5 Å². The van der Waals surface area contributed by atoms with Crippen LogP contribution in [0.2, 0.25) is 0 Å². The third kappa shape index (κ3) is 5.64. The third-order valence-corrected chi connectivity index (χ3v) is 7.82. The summed E-state index contributed by atoms with van der Waals surface area (Å²) in [5, 5.41) is 0. The summed E-state index contributed by atoms with van der Waals surface area (Å²) in [6, 6.07) is 24.0. The molecule has 0 N–H and O–H groups in total. The van der Waals surface area contributed by atoms with Crippen molar-refractivity contribution in [3.05, 3.63) is 138 Å². The van der Waals surface area contributed by atoms with E-state index < -0.39 is 10.0 Å². The number of nitrogens with zero attached hydrogens (tertiary/aromatic N) is 1. The molecular formula is C31H29NO3S. The Hall–Kier alpha value is -3.96. The molecule has 0 bridgehead atoms. The normalized spacial score (nSPS) is 16.3. The Kier molecular flexibility index (Phi) is 7.81. The van der Waals surface area contributed by atoms with Crippen molar-refractivity contribution in [1.29, 1.82) is 0 Å². The number of piperidine rings is 1. The number of allylic oxidation sites excluding steroid dienone is 3. The Morgan fingerprint density at radius 2 is 1.36 bits per heavy atom. The van der Waals surface area contributed by atoms with Crippen LogP contribution in [0.4, 0.5) is 0 Å². The van der Waals surface area contributed by atoms with Gasteiger partial charge in [0.15, 0.2) is 5.78 Å². The lowest BCUT2D eigenvalue weighted by atomic mass is 9.95. The van der Waals surface area contributed by atoms with E-state index in [9.17, 15) is 13.2 Å². The van der Waals surface area contributed by atoms with Gasteiger partial charge in [-0.15, -0.1) is 13.2 Å². The Labute approximate surface area is 213 Å². The quantitative estimate of drug-likeness (QED) is 0.275. The van der Waals surface area contributed by atoms with Crippen molar-refractivity contribution in [2.75, 3.05) is 6.54 Å². The molecule has 4 rings (SSSR count). The van der Waals surface area contributed by atoms with E-state index in [1.807, 2.05) is 60.7 Å². The molecule has 0 saturated carbocycles. The highest BCUT2D eigenvalue weighted by molar-refractivity contribution is 7.89. The van der Waals surface area contributed by atoms with Crippen LogP contribution in [0.5, 0.6) is 0 Å². The Morgan fingerprint density at radius 1 is 0.778 bits per heavy atom. The smallest absolute Gasteiger partial charge is 0.264 e. The maximum atomic E-state index is 13.7. The SMILES string of the molecule is C=CCc1cccc(C=C2C(=O)CCN(S(=O)(=O)c3ccccc3)C2=Cc2cccc(CC=C)c2)c1. The zero-order valence-electron chi connectivity index (χ0n) is 20.1. The van der Waals surface area contributed by atoms with E-state index in [2.05, 4.69) is 13.2 Å². The molecule has 0 aliphatic carbocycles. The fourth-order valence-electron chi connectivity index (χ4n) is 4.29. The average Bonchev–Trinajstić information content (AvgIpc) is 2.87. The van der Waals surface area contributed by atoms with E-state index in [4.69, 9.17) is 0 Å². The number of benzene rings is 3. The number of carbonyl (C=O) groups excluding carboxylic acids is 1. The van der Waals surface area contributed by atoms with Crippen LogP contribution in [0.25, 0.3) is 12.2 Å². The first-order valence-electron chi connectivity index (χ1n) is 11.9. The third-order valence-electron chi connectivity index (χ3n) is 5.99. The van der Waals surface area contributed by atoms with Crippen LogP contribution in [-0.4, -0.2) is 25.1 Å². The van der Waals surface area contributed by atoms with Crippen LogP contribution in [-0.2, 0) is 27.7 Å². The summed E-state index contributed by atoms with van der Waals surface area (Å²) in [7, 11) is -3.87. The molecule has 3 aromatic rings. The first-order valence-corrected chi connectivity index (χ1v) is 13.3. The maximum Gasteiger partial charge on any atom is 0.264 e. The molecule has 1 aliphatic rings. The molecule has 0 spiro atoms. The van der Waals surface area contributed by atoms with Gasteiger partial charge in [-0.2, -0.15) is 0 Å². The molecule has 3 aromatic carbocycles. The van der Waals surface area contributed by atoms with Gasteiger partial charge in [0, 0.05) is 18.5 Å². The summed E-state index contributed by atoms with van der Waals surface area (Å²) in [6.45, 7) is 7.69. The largest absolute Gasteiger partial charge is 0.294 e. The zero-order chi connectivity index (χ0) is 25.5. The summed E-state index contributed by atoms with van der Waals surface area (Å²) in [5.41, 5.74) is 4.54. The molecule has 1 fully saturated rings. The van der Waals surface area contributed by atoms with Gasteiger partial charge in [0.25, 0.3) is 10.0 Å². The molecular weight excluding hydrogens is 466 g/mol. The van der Waals surface area contributed by atoms with Crippen molar-refractivity contribution in [3.63, 3.8) is 0 Å². The molecule has 0 unspecified atom stereocenters. The van der Waals surface area contributed by atoms with Crippen molar-refractivity contribution in [1.82, 2.24) is 4.31 Å². The number of sulfonamides is 1. The molecule has 1 heterocycles. The molecule has 5 heteroatoms. The van der Waals surface area contributed by atoms with Crippen molar-refractivity contribution in [2.24, 2.45) is 0 Å². The van der Waals surface area contributed by atoms with E-state index in [1.165, 1.54) is 4.31 Å². The lowest BCUT2D eigenvalue weighted by molar-refractivity contribution is -0.116. The fraction of sp³-hybridized carbons (Fsp3) is 0.129. The number of Topliss-reactive ketones (excluding diaryl/α,β-unsaturated/α-hetero) is 1. The van der Waals surface area contributed by atoms with Gasteiger partial charge in [0.2, 0.25) is 0 Å². The molecule has 1 saturated heterocycles. The second-order valence-corrected chi connectivity index (χ2v) is 10.5. The minimum absolute atomic E-state index is 0.0854. The second-order valence-electron chi connectivity index (χ2n) is 8.63. The minimum Gasteiger partial charge on any atom is -0.294 e. The maximum absolute atomic E-state index is 13.7. The number of rotatable bonds is 8. The van der Waals surface area contributed by atoms with Crippen LogP contribution in [0.15, 0.2) is 120 Å². The number of hydrogen-bond acceptors (Lipinski definition) is 3. The monoisotopic (exact) mass is 495 g/mol. The molecule has 1 aliphatic heterocycles. The Balaban J connectivity index is 1.89. The van der Waals surface area contributed by atoms with Crippen molar-refractivity contribution < 1.29 is 13.2 Å². The van der Waals surface area contributed by atoms with Crippen LogP contribution >= 0.6 is 0 Å².